The Kier molecular flexibility index (Phi) is 5.47. The average Bonchev–Trinajstić information content (AvgIpc) is 3.23. The van der Waals surface area contributed by atoms with Gasteiger partial charge in [-0.05, 0) is 114 Å². The number of rotatable bonds is 4. The molecule has 4 heteroatoms. The van der Waals surface area contributed by atoms with Crippen molar-refractivity contribution in [3.63, 3.8) is 0 Å². The molecule has 36 heavy (non-hydrogen) atoms. The lowest BCUT2D eigenvalue weighted by Gasteiger charge is -2.28. The zero-order chi connectivity index (χ0) is 25.2. The Balaban J connectivity index is 1.39. The molecule has 0 bridgehead atoms. The minimum Gasteiger partial charge on any atom is -0.456 e. The maximum Gasteiger partial charge on any atom is 0.141 e. The van der Waals surface area contributed by atoms with E-state index in [9.17, 15) is 0 Å². The van der Waals surface area contributed by atoms with Crippen molar-refractivity contribution in [3.05, 3.63) is 116 Å². The number of benzene rings is 4. The first-order chi connectivity index (χ1) is 17.2. The molecule has 6 rings (SSSR count). The fourth-order valence-electron chi connectivity index (χ4n) is 5.79. The molecule has 2 aliphatic carbocycles. The maximum atomic E-state index is 6.27. The molecule has 0 aromatic heterocycles. The molecule has 0 N–H and O–H groups in total. The van der Waals surface area contributed by atoms with Gasteiger partial charge in [-0.2, -0.15) is 0 Å². The van der Waals surface area contributed by atoms with Crippen molar-refractivity contribution < 1.29 is 9.47 Å². The molecule has 180 valence electrons. The molecule has 0 atom stereocenters. The van der Waals surface area contributed by atoms with Gasteiger partial charge in [0.15, 0.2) is 0 Å². The van der Waals surface area contributed by atoms with Gasteiger partial charge in [0.05, 0.1) is 8.95 Å². The molecule has 0 amide bonds. The van der Waals surface area contributed by atoms with Crippen LogP contribution in [0.3, 0.4) is 0 Å². The van der Waals surface area contributed by atoms with Crippen molar-refractivity contribution in [2.45, 2.75) is 38.5 Å². The van der Waals surface area contributed by atoms with Gasteiger partial charge in [-0.3, -0.25) is 0 Å². The zero-order valence-corrected chi connectivity index (χ0v) is 23.8. The molecular weight excluding hydrogens is 576 g/mol. The molecule has 0 heterocycles. The van der Waals surface area contributed by atoms with E-state index in [1.807, 2.05) is 48.5 Å². The monoisotopic (exact) mass is 600 g/mol. The first-order valence-electron chi connectivity index (χ1n) is 12.1. The largest absolute Gasteiger partial charge is 0.456 e. The van der Waals surface area contributed by atoms with Crippen molar-refractivity contribution in [2.24, 2.45) is 0 Å². The molecule has 0 unspecified atom stereocenters. The van der Waals surface area contributed by atoms with E-state index in [4.69, 9.17) is 9.47 Å². The number of halogens is 2. The molecular formula is C32H26Br2O2. The van der Waals surface area contributed by atoms with Crippen molar-refractivity contribution in [2.75, 3.05) is 0 Å². The molecule has 2 aliphatic rings. The summed E-state index contributed by atoms with van der Waals surface area (Å²) < 4.78 is 14.4. The Hall–Kier alpha value is -2.82. The van der Waals surface area contributed by atoms with Crippen LogP contribution in [0.1, 0.15) is 49.9 Å². The number of hydrogen-bond donors (Lipinski definition) is 0. The van der Waals surface area contributed by atoms with Crippen molar-refractivity contribution in [1.82, 2.24) is 0 Å². The summed E-state index contributed by atoms with van der Waals surface area (Å²) in [7, 11) is 0. The molecule has 0 radical (unpaired) electrons. The van der Waals surface area contributed by atoms with Gasteiger partial charge in [0, 0.05) is 10.8 Å². The van der Waals surface area contributed by atoms with Crippen LogP contribution in [0.25, 0.3) is 11.1 Å². The van der Waals surface area contributed by atoms with Gasteiger partial charge in [0.25, 0.3) is 0 Å². The third-order valence-corrected chi connectivity index (χ3v) is 8.81. The van der Waals surface area contributed by atoms with E-state index >= 15 is 0 Å². The van der Waals surface area contributed by atoms with Gasteiger partial charge < -0.3 is 9.47 Å². The highest BCUT2D eigenvalue weighted by Crippen LogP contribution is 2.63. The lowest BCUT2D eigenvalue weighted by atomic mass is 9.76. The van der Waals surface area contributed by atoms with Crippen LogP contribution in [0, 0.1) is 0 Å². The van der Waals surface area contributed by atoms with Crippen LogP contribution in [0.4, 0.5) is 0 Å². The summed E-state index contributed by atoms with van der Waals surface area (Å²) in [6.07, 6.45) is 0. The van der Waals surface area contributed by atoms with Crippen LogP contribution in [0.5, 0.6) is 23.0 Å². The van der Waals surface area contributed by atoms with Crippen LogP contribution in [-0.2, 0) is 10.8 Å². The second-order valence-electron chi connectivity index (χ2n) is 10.5. The number of fused-ring (bicyclic) bond motifs is 4. The summed E-state index contributed by atoms with van der Waals surface area (Å²) in [4.78, 5) is 0. The summed E-state index contributed by atoms with van der Waals surface area (Å²) in [5.41, 5.74) is 7.75. The van der Waals surface area contributed by atoms with Gasteiger partial charge in [0.1, 0.15) is 23.0 Å². The van der Waals surface area contributed by atoms with E-state index in [0.717, 1.165) is 31.9 Å². The molecule has 4 aromatic carbocycles. The fraction of sp³-hybridized carbons (Fsp3) is 0.188. The van der Waals surface area contributed by atoms with Crippen molar-refractivity contribution >= 4 is 43.0 Å². The topological polar surface area (TPSA) is 18.5 Å². The third kappa shape index (κ3) is 3.57. The van der Waals surface area contributed by atoms with Gasteiger partial charge >= 0.3 is 0 Å². The quantitative estimate of drug-likeness (QED) is 0.232. The molecule has 0 saturated carbocycles. The lowest BCUT2D eigenvalue weighted by molar-refractivity contribution is 0.477. The summed E-state index contributed by atoms with van der Waals surface area (Å²) in [6, 6.07) is 29.0. The van der Waals surface area contributed by atoms with Crippen LogP contribution in [-0.4, -0.2) is 0 Å². The Bertz CT molecular complexity index is 1450. The van der Waals surface area contributed by atoms with Gasteiger partial charge in [-0.15, -0.1) is 0 Å². The average molecular weight is 602 g/mol. The minimum absolute atomic E-state index is 0.148. The predicted molar refractivity (Wildman–Crippen MR) is 154 cm³/mol. The highest BCUT2D eigenvalue weighted by molar-refractivity contribution is 9.10. The summed E-state index contributed by atoms with van der Waals surface area (Å²) in [6.45, 7) is 9.31. The summed E-state index contributed by atoms with van der Waals surface area (Å²) >= 11 is 7.19. The predicted octanol–water partition coefficient (Wildman–Crippen LogP) is 10.3. The maximum absolute atomic E-state index is 6.27. The van der Waals surface area contributed by atoms with E-state index in [2.05, 4.69) is 96.0 Å². The number of hydrogen-bond acceptors (Lipinski definition) is 2. The lowest BCUT2D eigenvalue weighted by Crippen LogP contribution is -2.19. The number of ether oxygens (including phenoxy) is 2. The number of allylic oxidation sites excluding steroid dienone is 2. The Morgan fingerprint density at radius 3 is 1.31 bits per heavy atom. The third-order valence-electron chi connectivity index (χ3n) is 7.50. The normalized spacial score (nSPS) is 16.4. The van der Waals surface area contributed by atoms with Crippen LogP contribution >= 0.6 is 31.9 Å². The van der Waals surface area contributed by atoms with Gasteiger partial charge in [-0.1, -0.05) is 64.1 Å². The van der Waals surface area contributed by atoms with Crippen molar-refractivity contribution in [3.8, 4) is 23.0 Å². The zero-order valence-electron chi connectivity index (χ0n) is 20.7. The summed E-state index contributed by atoms with van der Waals surface area (Å²) in [5, 5.41) is 0. The Morgan fingerprint density at radius 1 is 0.528 bits per heavy atom. The van der Waals surface area contributed by atoms with E-state index in [0.29, 0.717) is 0 Å². The molecule has 0 aliphatic heterocycles. The highest BCUT2D eigenvalue weighted by atomic mass is 79.9. The molecule has 0 spiro atoms. The SMILES string of the molecule is CC1(C)C2=C(c3ccc(Oc4ccccc4Br)cc31)C(C)(C)c1cc(Oc3ccccc3Br)ccc12. The van der Waals surface area contributed by atoms with Crippen molar-refractivity contribution in [1.29, 1.82) is 0 Å². The molecule has 0 fully saturated rings. The minimum atomic E-state index is -0.148. The highest BCUT2D eigenvalue weighted by Gasteiger charge is 2.49. The molecule has 0 saturated heterocycles. The second-order valence-corrected chi connectivity index (χ2v) is 12.2. The summed E-state index contributed by atoms with van der Waals surface area (Å²) in [5.74, 6) is 3.34. The Labute approximate surface area is 229 Å². The molecule has 4 aromatic rings. The van der Waals surface area contributed by atoms with Gasteiger partial charge in [0.2, 0.25) is 0 Å². The van der Waals surface area contributed by atoms with Crippen LogP contribution < -0.4 is 9.47 Å². The van der Waals surface area contributed by atoms with E-state index in [-0.39, 0.29) is 10.8 Å². The second kappa shape index (κ2) is 8.36. The molecule has 2 nitrogen and oxygen atoms in total. The van der Waals surface area contributed by atoms with E-state index in [1.165, 1.54) is 33.4 Å². The first kappa shape index (κ1) is 23.6. The fourth-order valence-corrected chi connectivity index (χ4v) is 6.52. The Morgan fingerprint density at radius 2 is 0.917 bits per heavy atom. The van der Waals surface area contributed by atoms with Gasteiger partial charge in [-0.25, -0.2) is 0 Å². The van der Waals surface area contributed by atoms with E-state index in [1.54, 1.807) is 0 Å². The smallest absolute Gasteiger partial charge is 0.141 e. The first-order valence-corrected chi connectivity index (χ1v) is 13.7. The van der Waals surface area contributed by atoms with Crippen LogP contribution in [0.2, 0.25) is 0 Å². The standard InChI is InChI=1S/C32H26Br2O2/c1-31(2)23-17-19(35-27-11-7-5-9-25(27)33)13-15-21(23)30-29(31)22-16-14-20(18-24(22)32(30,3)4)36-28-12-8-6-10-26(28)34/h5-18H,1-4H3. The van der Waals surface area contributed by atoms with Crippen LogP contribution in [0.15, 0.2) is 93.9 Å². The van der Waals surface area contributed by atoms with E-state index < -0.39 is 0 Å². The number of para-hydroxylation sites is 2.